The third-order valence-corrected chi connectivity index (χ3v) is 2.43. The molecular formula is C13H25NO. The molecule has 15 heavy (non-hydrogen) atoms. The van der Waals surface area contributed by atoms with Crippen molar-refractivity contribution in [1.29, 1.82) is 5.26 Å². The zero-order chi connectivity index (χ0) is 11.4. The van der Waals surface area contributed by atoms with Gasteiger partial charge in [-0.2, -0.15) is 5.26 Å². The summed E-state index contributed by atoms with van der Waals surface area (Å²) in [7, 11) is 0. The quantitative estimate of drug-likeness (QED) is 0.513. The van der Waals surface area contributed by atoms with Crippen LogP contribution in [0, 0.1) is 17.2 Å². The van der Waals surface area contributed by atoms with E-state index in [0.29, 0.717) is 13.0 Å². The van der Waals surface area contributed by atoms with E-state index in [1.807, 2.05) is 0 Å². The molecule has 0 atom stereocenters. The Morgan fingerprint density at radius 3 is 2.33 bits per heavy atom. The Kier molecular flexibility index (Phi) is 11.1. The molecule has 0 spiro atoms. The first-order valence-corrected chi connectivity index (χ1v) is 6.22. The third-order valence-electron chi connectivity index (χ3n) is 2.43. The van der Waals surface area contributed by atoms with Gasteiger partial charge in [-0.05, 0) is 12.3 Å². The lowest BCUT2D eigenvalue weighted by Crippen LogP contribution is -1.96. The molecule has 0 unspecified atom stereocenters. The minimum Gasteiger partial charge on any atom is -0.380 e. The maximum Gasteiger partial charge on any atom is 0.0645 e. The van der Waals surface area contributed by atoms with Gasteiger partial charge in [0, 0.05) is 6.61 Å². The lowest BCUT2D eigenvalue weighted by atomic mass is 10.0. The van der Waals surface area contributed by atoms with Gasteiger partial charge in [0.05, 0.1) is 19.1 Å². The smallest absolute Gasteiger partial charge is 0.0645 e. The topological polar surface area (TPSA) is 33.0 Å². The van der Waals surface area contributed by atoms with Gasteiger partial charge in [-0.25, -0.2) is 0 Å². The summed E-state index contributed by atoms with van der Waals surface area (Å²) in [6.07, 6.45) is 8.35. The fraction of sp³-hybridized carbons (Fsp3) is 0.923. The summed E-state index contributed by atoms with van der Waals surface area (Å²) < 4.78 is 5.30. The van der Waals surface area contributed by atoms with E-state index in [4.69, 9.17) is 10.00 Å². The zero-order valence-electron chi connectivity index (χ0n) is 10.3. The molecule has 2 nitrogen and oxygen atoms in total. The van der Waals surface area contributed by atoms with Crippen LogP contribution >= 0.6 is 0 Å². The van der Waals surface area contributed by atoms with Crippen LogP contribution < -0.4 is 0 Å². The summed E-state index contributed by atoms with van der Waals surface area (Å²) >= 11 is 0. The van der Waals surface area contributed by atoms with Crippen LogP contribution in [0.4, 0.5) is 0 Å². The summed E-state index contributed by atoms with van der Waals surface area (Å²) in [5.74, 6) is 0.847. The van der Waals surface area contributed by atoms with Crippen LogP contribution in [0.3, 0.4) is 0 Å². The van der Waals surface area contributed by atoms with Crippen molar-refractivity contribution in [3.05, 3.63) is 0 Å². The number of hydrogen-bond donors (Lipinski definition) is 0. The molecule has 2 heteroatoms. The van der Waals surface area contributed by atoms with Crippen molar-refractivity contribution < 1.29 is 4.74 Å². The highest BCUT2D eigenvalue weighted by Crippen LogP contribution is 2.10. The van der Waals surface area contributed by atoms with Crippen LogP contribution in [-0.4, -0.2) is 13.2 Å². The first-order valence-electron chi connectivity index (χ1n) is 6.22. The number of rotatable bonds is 10. The highest BCUT2D eigenvalue weighted by Gasteiger charge is 1.94. The molecule has 0 amide bonds. The Morgan fingerprint density at radius 1 is 1.00 bits per heavy atom. The maximum atomic E-state index is 8.28. The molecule has 0 bridgehead atoms. The second kappa shape index (κ2) is 11.5. The predicted octanol–water partition coefficient (Wildman–Crippen LogP) is 3.91. The zero-order valence-corrected chi connectivity index (χ0v) is 10.3. The van der Waals surface area contributed by atoms with Gasteiger partial charge in [-0.15, -0.1) is 0 Å². The molecule has 0 radical (unpaired) electrons. The second-order valence-corrected chi connectivity index (χ2v) is 4.47. The van der Waals surface area contributed by atoms with E-state index >= 15 is 0 Å². The Morgan fingerprint density at radius 2 is 1.67 bits per heavy atom. The van der Waals surface area contributed by atoms with Gasteiger partial charge in [0.1, 0.15) is 0 Å². The summed E-state index contributed by atoms with van der Waals surface area (Å²) in [4.78, 5) is 0. The van der Waals surface area contributed by atoms with E-state index in [2.05, 4.69) is 19.9 Å². The van der Waals surface area contributed by atoms with Crippen molar-refractivity contribution in [2.45, 2.75) is 58.8 Å². The van der Waals surface area contributed by atoms with E-state index in [0.717, 1.165) is 18.9 Å². The molecule has 88 valence electrons. The fourth-order valence-electron chi connectivity index (χ4n) is 1.51. The molecule has 0 fully saturated rings. The molecule has 0 aromatic rings. The van der Waals surface area contributed by atoms with Crippen LogP contribution in [0.25, 0.3) is 0 Å². The monoisotopic (exact) mass is 211 g/mol. The van der Waals surface area contributed by atoms with E-state index in [1.165, 1.54) is 32.1 Å². The normalized spacial score (nSPS) is 10.5. The summed E-state index contributed by atoms with van der Waals surface area (Å²) in [6.45, 7) is 5.99. The number of nitrogens with zero attached hydrogens (tertiary/aromatic N) is 1. The van der Waals surface area contributed by atoms with E-state index in [-0.39, 0.29) is 0 Å². The minimum absolute atomic E-state index is 0.522. The number of hydrogen-bond acceptors (Lipinski definition) is 2. The van der Waals surface area contributed by atoms with Crippen LogP contribution in [-0.2, 0) is 4.74 Å². The first-order chi connectivity index (χ1) is 7.27. The van der Waals surface area contributed by atoms with Crippen LogP contribution in [0.1, 0.15) is 58.8 Å². The second-order valence-electron chi connectivity index (χ2n) is 4.47. The molecule has 0 rings (SSSR count). The van der Waals surface area contributed by atoms with Gasteiger partial charge >= 0.3 is 0 Å². The largest absolute Gasteiger partial charge is 0.380 e. The number of unbranched alkanes of at least 4 members (excludes halogenated alkanes) is 4. The molecule has 0 aliphatic heterocycles. The van der Waals surface area contributed by atoms with Crippen molar-refractivity contribution in [2.24, 2.45) is 5.92 Å². The van der Waals surface area contributed by atoms with Gasteiger partial charge in [-0.3, -0.25) is 0 Å². The highest BCUT2D eigenvalue weighted by molar-refractivity contribution is 4.66. The number of nitriles is 1. The van der Waals surface area contributed by atoms with Gasteiger partial charge in [0.25, 0.3) is 0 Å². The molecule has 0 aromatic heterocycles. The molecule has 0 saturated heterocycles. The summed E-state index contributed by atoms with van der Waals surface area (Å²) in [5, 5.41) is 8.28. The lowest BCUT2D eigenvalue weighted by Gasteiger charge is -2.04. The lowest BCUT2D eigenvalue weighted by molar-refractivity contribution is 0.135. The van der Waals surface area contributed by atoms with E-state index < -0.39 is 0 Å². The highest BCUT2D eigenvalue weighted by atomic mass is 16.5. The van der Waals surface area contributed by atoms with E-state index in [1.54, 1.807) is 0 Å². The van der Waals surface area contributed by atoms with Gasteiger partial charge in [0.2, 0.25) is 0 Å². The van der Waals surface area contributed by atoms with Crippen LogP contribution in [0.15, 0.2) is 0 Å². The van der Waals surface area contributed by atoms with Crippen molar-refractivity contribution in [3.8, 4) is 6.07 Å². The molecule has 0 heterocycles. The predicted molar refractivity (Wildman–Crippen MR) is 63.6 cm³/mol. The van der Waals surface area contributed by atoms with Gasteiger partial charge in [-0.1, -0.05) is 46.0 Å². The number of ether oxygens (including phenoxy) is 1. The van der Waals surface area contributed by atoms with Crippen molar-refractivity contribution >= 4 is 0 Å². The maximum absolute atomic E-state index is 8.28. The Bertz CT molecular complexity index is 160. The van der Waals surface area contributed by atoms with Crippen LogP contribution in [0.5, 0.6) is 0 Å². The molecule has 0 aliphatic carbocycles. The summed E-state index contributed by atoms with van der Waals surface area (Å²) in [5.41, 5.74) is 0. The van der Waals surface area contributed by atoms with Gasteiger partial charge in [0.15, 0.2) is 0 Å². The first kappa shape index (κ1) is 14.5. The average molecular weight is 211 g/mol. The SMILES string of the molecule is CC(C)CCCCCCCOCCC#N. The Hall–Kier alpha value is -0.550. The van der Waals surface area contributed by atoms with Gasteiger partial charge < -0.3 is 4.74 Å². The summed E-state index contributed by atoms with van der Waals surface area (Å²) in [6, 6.07) is 2.07. The fourth-order valence-corrected chi connectivity index (χ4v) is 1.51. The van der Waals surface area contributed by atoms with Crippen molar-refractivity contribution in [2.75, 3.05) is 13.2 Å². The van der Waals surface area contributed by atoms with Crippen molar-refractivity contribution in [1.82, 2.24) is 0 Å². The molecular weight excluding hydrogens is 186 g/mol. The standard InChI is InChI=1S/C13H25NO/c1-13(2)9-6-4-3-5-7-11-15-12-8-10-14/h13H,3-9,11-12H2,1-2H3. The van der Waals surface area contributed by atoms with E-state index in [9.17, 15) is 0 Å². The molecule has 0 aliphatic rings. The molecule has 0 N–H and O–H groups in total. The average Bonchev–Trinajstić information content (AvgIpc) is 2.20. The van der Waals surface area contributed by atoms with Crippen molar-refractivity contribution in [3.63, 3.8) is 0 Å². The minimum atomic E-state index is 0.522. The van der Waals surface area contributed by atoms with Crippen LogP contribution in [0.2, 0.25) is 0 Å². The molecule has 0 aromatic carbocycles. The Balaban J connectivity index is 2.90. The molecule has 0 saturated carbocycles. The Labute approximate surface area is 94.6 Å². The third kappa shape index (κ3) is 13.4.